The van der Waals surface area contributed by atoms with Crippen molar-refractivity contribution in [2.45, 2.75) is 38.0 Å². The van der Waals surface area contributed by atoms with E-state index in [1.54, 1.807) is 6.07 Å². The van der Waals surface area contributed by atoms with Crippen LogP contribution in [0.1, 0.15) is 34.4 Å². The number of carbonyl (C=O) groups excluding carboxylic acids is 1. The minimum atomic E-state index is -4.59. The maximum absolute atomic E-state index is 13.3. The number of amides is 1. The summed E-state index contributed by atoms with van der Waals surface area (Å²) in [5.74, 6) is -0.197. The molecule has 5 rings (SSSR count). The van der Waals surface area contributed by atoms with Crippen molar-refractivity contribution >= 4 is 39.3 Å². The number of carbonyl (C=O) groups is 1. The summed E-state index contributed by atoms with van der Waals surface area (Å²) in [6.07, 6.45) is -1.99. The molecule has 0 radical (unpaired) electrons. The molecule has 0 saturated heterocycles. The highest BCUT2D eigenvalue weighted by Crippen LogP contribution is 2.43. The van der Waals surface area contributed by atoms with Crippen LogP contribution in [0.15, 0.2) is 35.1 Å². The largest absolute Gasteiger partial charge is 0.436 e. The summed E-state index contributed by atoms with van der Waals surface area (Å²) in [6, 6.07) is 5.12. The Morgan fingerprint density at radius 2 is 2.08 bits per heavy atom. The lowest BCUT2D eigenvalue weighted by Gasteiger charge is -2.47. The molecule has 0 unspecified atom stereocenters. The maximum Gasteiger partial charge on any atom is 0.433 e. The molecule has 0 fully saturated rings. The van der Waals surface area contributed by atoms with E-state index in [9.17, 15) is 23.1 Å². The second-order valence-electron chi connectivity index (χ2n) is 8.94. The van der Waals surface area contributed by atoms with Crippen molar-refractivity contribution in [3.05, 3.63) is 52.0 Å². The van der Waals surface area contributed by atoms with Crippen LogP contribution in [0.2, 0.25) is 0 Å². The molecule has 0 spiro atoms. The minimum absolute atomic E-state index is 0.0333. The summed E-state index contributed by atoms with van der Waals surface area (Å²) < 4.78 is 68.2. The molecule has 0 aromatic carbocycles. The smallest absolute Gasteiger partial charge is 0.433 e. The third-order valence-corrected chi connectivity index (χ3v) is 6.86. The number of aliphatic hydroxyl groups is 1. The van der Waals surface area contributed by atoms with Gasteiger partial charge in [-0.05, 0) is 53.4 Å². The van der Waals surface area contributed by atoms with Crippen LogP contribution in [-0.4, -0.2) is 56.6 Å². The molecule has 0 bridgehead atoms. The van der Waals surface area contributed by atoms with Crippen LogP contribution in [0.3, 0.4) is 0 Å². The Bertz CT molecular complexity index is 1490. The van der Waals surface area contributed by atoms with Crippen LogP contribution in [0.5, 0.6) is 11.6 Å². The highest BCUT2D eigenvalue weighted by molar-refractivity contribution is 9.10. The molecule has 10 nitrogen and oxygen atoms in total. The number of likely N-dealkylation sites (N-methyl/N-ethyl adjacent to an activating group) is 1. The molecule has 0 saturated carbocycles. The first-order valence-electron chi connectivity index (χ1n) is 13.0. The van der Waals surface area contributed by atoms with E-state index in [4.69, 9.17) is 8.85 Å². The number of halogens is 4. The van der Waals surface area contributed by atoms with Gasteiger partial charge in [-0.3, -0.25) is 4.79 Å². The van der Waals surface area contributed by atoms with Crippen molar-refractivity contribution in [1.29, 1.82) is 0 Å². The lowest BCUT2D eigenvalue weighted by molar-refractivity contribution is -0.141. The molecule has 3 aromatic rings. The third-order valence-electron chi connectivity index (χ3n) is 6.29. The molecule has 2 N–H and O–H groups in total. The van der Waals surface area contributed by atoms with Crippen LogP contribution in [0.4, 0.5) is 30.6 Å². The zero-order chi connectivity index (χ0) is 29.7. The number of aliphatic hydroxyl groups excluding tert-OH is 1. The molecule has 14 heteroatoms. The zero-order valence-electron chi connectivity index (χ0n) is 22.9. The van der Waals surface area contributed by atoms with Crippen LogP contribution in [0.25, 0.3) is 0 Å². The first-order chi connectivity index (χ1) is 19.2. The Morgan fingerprint density at radius 3 is 2.74 bits per heavy atom. The standard InChI is InChI=1S/C24H23BrF3N7O3/c1-23(12-36)21(37)35-9-3-4-14-18(35)20(34(23)2)33-22(31-14)30-11-13-5-8-17(29-10-13)38-15-6-7-16(24(26,27)28)32-19(15)25/h5-8,10,36H,3-4,9,11-12H2,1-2H3,(H,30,31,33)/t23-/m0/s1/i2D3. The predicted octanol–water partition coefficient (Wildman–Crippen LogP) is 3.93. The van der Waals surface area contributed by atoms with Crippen molar-refractivity contribution < 1.29 is 31.9 Å². The molecule has 2 aliphatic rings. The molecule has 200 valence electrons. The number of nitrogens with zero attached hydrogens (tertiary/aromatic N) is 6. The Balaban J connectivity index is 1.36. The van der Waals surface area contributed by atoms with Crippen molar-refractivity contribution in [3.63, 3.8) is 0 Å². The Kier molecular flexibility index (Phi) is 5.71. The van der Waals surface area contributed by atoms with Crippen LogP contribution >= 0.6 is 15.9 Å². The van der Waals surface area contributed by atoms with E-state index < -0.39 is 36.9 Å². The fourth-order valence-corrected chi connectivity index (χ4v) is 4.58. The quantitative estimate of drug-likeness (QED) is 0.408. The third kappa shape index (κ3) is 4.62. The van der Waals surface area contributed by atoms with Gasteiger partial charge in [0.05, 0.1) is 12.3 Å². The summed E-state index contributed by atoms with van der Waals surface area (Å²) in [6.45, 7) is -1.57. The number of nitrogens with one attached hydrogen (secondary N) is 1. The lowest BCUT2D eigenvalue weighted by atomic mass is 9.93. The molecule has 2 aliphatic heterocycles. The van der Waals surface area contributed by atoms with Crippen LogP contribution in [0, 0.1) is 0 Å². The fraction of sp³-hybridized carbons (Fsp3) is 0.375. The molecular formula is C24H23BrF3N7O3. The molecular weight excluding hydrogens is 571 g/mol. The van der Waals surface area contributed by atoms with E-state index >= 15 is 0 Å². The van der Waals surface area contributed by atoms with Crippen LogP contribution < -0.4 is 19.9 Å². The maximum atomic E-state index is 13.3. The minimum Gasteiger partial charge on any atom is -0.436 e. The first-order valence-corrected chi connectivity index (χ1v) is 12.3. The van der Waals surface area contributed by atoms with Gasteiger partial charge in [0.2, 0.25) is 11.8 Å². The molecule has 1 atom stereocenters. The normalized spacial score (nSPS) is 20.4. The monoisotopic (exact) mass is 596 g/mol. The molecule has 0 aliphatic carbocycles. The second-order valence-corrected chi connectivity index (χ2v) is 9.69. The number of aryl methyl sites for hydroxylation is 1. The summed E-state index contributed by atoms with van der Waals surface area (Å²) in [7, 11) is 0. The number of aromatic nitrogens is 4. The van der Waals surface area contributed by atoms with Gasteiger partial charge >= 0.3 is 6.18 Å². The van der Waals surface area contributed by atoms with Crippen molar-refractivity contribution in [1.82, 2.24) is 19.9 Å². The summed E-state index contributed by atoms with van der Waals surface area (Å²) in [5, 5.41) is 13.2. The number of hydrogen-bond acceptors (Lipinski definition) is 9. The van der Waals surface area contributed by atoms with Crippen molar-refractivity contribution in [2.24, 2.45) is 0 Å². The van der Waals surface area contributed by atoms with E-state index in [2.05, 4.69) is 41.2 Å². The van der Waals surface area contributed by atoms with Gasteiger partial charge in [0.25, 0.3) is 5.91 Å². The number of anilines is 3. The van der Waals surface area contributed by atoms with Gasteiger partial charge in [-0.15, -0.1) is 0 Å². The molecule has 5 heterocycles. The second kappa shape index (κ2) is 9.66. The zero-order valence-corrected chi connectivity index (χ0v) is 21.5. The van der Waals surface area contributed by atoms with Crippen molar-refractivity contribution in [2.75, 3.05) is 35.2 Å². The SMILES string of the molecule is [2H]C([2H])([2H])N1c2nc(NCc3ccc(Oc4ccc(C(F)(F)F)nc4Br)nc3)nc3c2N(CCC3)C(=O)[C@]1(C)CO. The van der Waals surface area contributed by atoms with Gasteiger partial charge < -0.3 is 25.0 Å². The van der Waals surface area contributed by atoms with Gasteiger partial charge in [-0.1, -0.05) is 6.07 Å². The number of ether oxygens (including phenoxy) is 1. The summed E-state index contributed by atoms with van der Waals surface area (Å²) >= 11 is 2.98. The summed E-state index contributed by atoms with van der Waals surface area (Å²) in [5.41, 5.74) is -1.28. The Hall–Kier alpha value is -3.52. The van der Waals surface area contributed by atoms with E-state index in [0.29, 0.717) is 36.3 Å². The lowest BCUT2D eigenvalue weighted by Crippen LogP contribution is -2.64. The molecule has 1 amide bonds. The Labute approximate surface area is 228 Å². The van der Waals surface area contributed by atoms with Gasteiger partial charge in [0.15, 0.2) is 11.6 Å². The fourth-order valence-electron chi connectivity index (χ4n) is 4.18. The van der Waals surface area contributed by atoms with Crippen LogP contribution in [-0.2, 0) is 23.9 Å². The number of hydrogen-bond donors (Lipinski definition) is 2. The van der Waals surface area contributed by atoms with Crippen molar-refractivity contribution in [3.8, 4) is 11.6 Å². The van der Waals surface area contributed by atoms with E-state index in [0.717, 1.165) is 17.0 Å². The topological polar surface area (TPSA) is 117 Å². The summed E-state index contributed by atoms with van der Waals surface area (Å²) in [4.78, 5) is 32.2. The molecule has 38 heavy (non-hydrogen) atoms. The van der Waals surface area contributed by atoms with Gasteiger partial charge in [-0.2, -0.15) is 18.2 Å². The van der Waals surface area contributed by atoms with E-state index in [1.165, 1.54) is 24.1 Å². The van der Waals surface area contributed by atoms with Gasteiger partial charge in [0.1, 0.15) is 21.5 Å². The highest BCUT2D eigenvalue weighted by Gasteiger charge is 2.48. The van der Waals surface area contributed by atoms with Gasteiger partial charge in [0, 0.05) is 36.4 Å². The number of pyridine rings is 2. The predicted molar refractivity (Wildman–Crippen MR) is 135 cm³/mol. The first kappa shape index (κ1) is 22.5. The molecule has 3 aromatic heterocycles. The number of alkyl halides is 3. The average Bonchev–Trinajstić information content (AvgIpc) is 2.91. The highest BCUT2D eigenvalue weighted by atomic mass is 79.9. The Morgan fingerprint density at radius 1 is 1.26 bits per heavy atom. The number of rotatable bonds is 6. The van der Waals surface area contributed by atoms with Gasteiger partial charge in [-0.25, -0.2) is 15.0 Å². The average molecular weight is 597 g/mol. The van der Waals surface area contributed by atoms with E-state index in [1.807, 2.05) is 0 Å². The van der Waals surface area contributed by atoms with E-state index in [-0.39, 0.29) is 34.5 Å².